The maximum absolute atomic E-state index is 14.1. The number of aromatic amines is 1. The van der Waals surface area contributed by atoms with Crippen LogP contribution < -0.4 is 10.9 Å². The molecule has 0 aliphatic carbocycles. The number of fused-ring (bicyclic) bond motifs is 2. The van der Waals surface area contributed by atoms with Crippen LogP contribution in [0, 0.1) is 5.82 Å². The van der Waals surface area contributed by atoms with Crippen molar-refractivity contribution in [2.75, 3.05) is 5.32 Å². The number of H-pyrrole nitrogens is 1. The van der Waals surface area contributed by atoms with E-state index in [9.17, 15) is 9.18 Å². The fourth-order valence-corrected chi connectivity index (χ4v) is 4.02. The van der Waals surface area contributed by atoms with E-state index in [0.717, 1.165) is 5.52 Å². The Kier molecular flexibility index (Phi) is 4.67. The van der Waals surface area contributed by atoms with Gasteiger partial charge in [-0.2, -0.15) is 0 Å². The Labute approximate surface area is 181 Å². The zero-order valence-corrected chi connectivity index (χ0v) is 17.2. The average Bonchev–Trinajstić information content (AvgIpc) is 3.26. The molecule has 0 aliphatic rings. The number of imidazole rings is 1. The first-order valence-corrected chi connectivity index (χ1v) is 10.1. The van der Waals surface area contributed by atoms with Gasteiger partial charge in [-0.05, 0) is 42.6 Å². The number of nitrogens with one attached hydrogen (secondary N) is 2. The fourth-order valence-electron chi connectivity index (χ4n) is 3.77. The molecule has 0 aliphatic heterocycles. The summed E-state index contributed by atoms with van der Waals surface area (Å²) < 4.78 is 15.7. The topological polar surface area (TPSA) is 75.6 Å². The van der Waals surface area contributed by atoms with Gasteiger partial charge in [-0.25, -0.2) is 14.4 Å². The molecule has 8 heteroatoms. The van der Waals surface area contributed by atoms with Crippen molar-refractivity contribution in [3.8, 4) is 5.69 Å². The number of rotatable bonds is 4. The summed E-state index contributed by atoms with van der Waals surface area (Å²) in [5.74, 6) is -0.0326. The van der Waals surface area contributed by atoms with E-state index >= 15 is 0 Å². The van der Waals surface area contributed by atoms with E-state index < -0.39 is 5.82 Å². The zero-order valence-electron chi connectivity index (χ0n) is 16.4. The second-order valence-electron chi connectivity index (χ2n) is 7.20. The Balaban J connectivity index is 1.73. The lowest BCUT2D eigenvalue weighted by Crippen LogP contribution is -2.26. The van der Waals surface area contributed by atoms with Crippen LogP contribution >= 0.6 is 11.6 Å². The predicted molar refractivity (Wildman–Crippen MR) is 120 cm³/mol. The van der Waals surface area contributed by atoms with Crippen LogP contribution in [0.1, 0.15) is 18.7 Å². The number of pyridine rings is 2. The highest BCUT2D eigenvalue weighted by Crippen LogP contribution is 2.29. The van der Waals surface area contributed by atoms with Crippen molar-refractivity contribution in [3.05, 3.63) is 94.0 Å². The largest absolute Gasteiger partial charge is 0.360 e. The van der Waals surface area contributed by atoms with Gasteiger partial charge in [-0.1, -0.05) is 35.9 Å². The Morgan fingerprint density at radius 3 is 2.74 bits per heavy atom. The number of benzene rings is 2. The zero-order chi connectivity index (χ0) is 21.5. The smallest absolute Gasteiger partial charge is 0.264 e. The van der Waals surface area contributed by atoms with Gasteiger partial charge in [0.1, 0.15) is 11.3 Å². The molecule has 3 heterocycles. The Hall–Kier alpha value is -3.71. The fraction of sp³-hybridized carbons (Fsp3) is 0.0870. The lowest BCUT2D eigenvalue weighted by molar-refractivity contribution is 0.629. The molecule has 0 fully saturated rings. The van der Waals surface area contributed by atoms with Gasteiger partial charge in [0.2, 0.25) is 0 Å². The number of nitrogens with zero attached hydrogens (tertiary/aromatic N) is 3. The van der Waals surface area contributed by atoms with Crippen LogP contribution in [0.3, 0.4) is 0 Å². The molecule has 1 atom stereocenters. The van der Waals surface area contributed by atoms with Gasteiger partial charge >= 0.3 is 0 Å². The first-order chi connectivity index (χ1) is 15.0. The van der Waals surface area contributed by atoms with E-state index in [0.29, 0.717) is 28.1 Å². The second kappa shape index (κ2) is 7.52. The predicted octanol–water partition coefficient (Wildman–Crippen LogP) is 5.23. The Bertz CT molecular complexity index is 1480. The van der Waals surface area contributed by atoms with Gasteiger partial charge in [-0.15, -0.1) is 0 Å². The lowest BCUT2D eigenvalue weighted by Gasteiger charge is -2.21. The minimum atomic E-state index is -0.626. The van der Waals surface area contributed by atoms with Crippen molar-refractivity contribution in [1.82, 2.24) is 19.5 Å². The molecule has 0 saturated heterocycles. The van der Waals surface area contributed by atoms with Crippen LogP contribution in [0.2, 0.25) is 5.02 Å². The molecule has 0 radical (unpaired) electrons. The first-order valence-electron chi connectivity index (χ1n) is 9.68. The van der Waals surface area contributed by atoms with Crippen molar-refractivity contribution < 1.29 is 4.39 Å². The summed E-state index contributed by atoms with van der Waals surface area (Å²) in [6.45, 7) is 1.93. The molecule has 2 aromatic carbocycles. The van der Waals surface area contributed by atoms with Crippen molar-refractivity contribution in [1.29, 1.82) is 0 Å². The quantitative estimate of drug-likeness (QED) is 0.407. The molecule has 0 amide bonds. The third-order valence-electron chi connectivity index (χ3n) is 5.25. The van der Waals surface area contributed by atoms with E-state index in [1.165, 1.54) is 6.07 Å². The van der Waals surface area contributed by atoms with Crippen LogP contribution in [0.5, 0.6) is 0 Å². The number of halogens is 2. The van der Waals surface area contributed by atoms with Gasteiger partial charge in [0.25, 0.3) is 5.56 Å². The second-order valence-corrected chi connectivity index (χ2v) is 7.57. The van der Waals surface area contributed by atoms with E-state index in [2.05, 4.69) is 20.3 Å². The molecular weight excluding hydrogens is 417 g/mol. The Morgan fingerprint density at radius 1 is 1.13 bits per heavy atom. The molecule has 5 rings (SSSR count). The SMILES string of the molecule is C[C@@H](Nc1nccc2[nH]cnc12)c1cc2ccc(F)c(Cl)c2c(=O)n1-c1ccccc1. The molecular formula is C23H17ClFN5O. The van der Waals surface area contributed by atoms with E-state index in [1.54, 1.807) is 23.2 Å². The molecule has 0 spiro atoms. The number of hydrogen-bond donors (Lipinski definition) is 2. The molecule has 2 N–H and O–H groups in total. The van der Waals surface area contributed by atoms with Gasteiger partial charge < -0.3 is 10.3 Å². The molecule has 3 aromatic heterocycles. The highest BCUT2D eigenvalue weighted by atomic mass is 35.5. The minimum Gasteiger partial charge on any atom is -0.360 e. The molecule has 31 heavy (non-hydrogen) atoms. The van der Waals surface area contributed by atoms with Gasteiger partial charge in [-0.3, -0.25) is 9.36 Å². The van der Waals surface area contributed by atoms with E-state index in [-0.39, 0.29) is 22.0 Å². The third-order valence-corrected chi connectivity index (χ3v) is 5.62. The van der Waals surface area contributed by atoms with Crippen molar-refractivity contribution in [2.24, 2.45) is 0 Å². The van der Waals surface area contributed by atoms with Gasteiger partial charge in [0.05, 0.1) is 28.3 Å². The van der Waals surface area contributed by atoms with E-state index in [1.807, 2.05) is 49.4 Å². The van der Waals surface area contributed by atoms with Gasteiger partial charge in [0.15, 0.2) is 5.82 Å². The highest BCUT2D eigenvalue weighted by Gasteiger charge is 2.20. The van der Waals surface area contributed by atoms with Crippen LogP contribution in [-0.4, -0.2) is 19.5 Å². The average molecular weight is 434 g/mol. The lowest BCUT2D eigenvalue weighted by atomic mass is 10.1. The van der Waals surface area contributed by atoms with Crippen LogP contribution in [0.25, 0.3) is 27.5 Å². The molecule has 5 aromatic rings. The van der Waals surface area contributed by atoms with Crippen molar-refractivity contribution >= 4 is 39.2 Å². The maximum atomic E-state index is 14.1. The Morgan fingerprint density at radius 2 is 1.94 bits per heavy atom. The number of para-hydroxylation sites is 1. The normalized spacial score (nSPS) is 12.4. The summed E-state index contributed by atoms with van der Waals surface area (Å²) in [5, 5.41) is 3.89. The summed E-state index contributed by atoms with van der Waals surface area (Å²) in [4.78, 5) is 25.3. The molecule has 6 nitrogen and oxygen atoms in total. The molecule has 0 unspecified atom stereocenters. The first kappa shape index (κ1) is 19.3. The number of anilines is 1. The van der Waals surface area contributed by atoms with E-state index in [4.69, 9.17) is 11.6 Å². The minimum absolute atomic E-state index is 0.147. The number of aromatic nitrogens is 4. The summed E-state index contributed by atoms with van der Waals surface area (Å²) in [6, 6.07) is 15.4. The third kappa shape index (κ3) is 3.23. The summed E-state index contributed by atoms with van der Waals surface area (Å²) in [5.41, 5.74) is 2.51. The van der Waals surface area contributed by atoms with Crippen molar-refractivity contribution in [2.45, 2.75) is 13.0 Å². The maximum Gasteiger partial charge on any atom is 0.264 e. The van der Waals surface area contributed by atoms with Crippen LogP contribution in [0.4, 0.5) is 10.2 Å². The highest BCUT2D eigenvalue weighted by molar-refractivity contribution is 6.35. The van der Waals surface area contributed by atoms with Crippen LogP contribution in [-0.2, 0) is 0 Å². The van der Waals surface area contributed by atoms with Gasteiger partial charge in [0, 0.05) is 17.6 Å². The summed E-state index contributed by atoms with van der Waals surface area (Å²) in [6.07, 6.45) is 3.29. The summed E-state index contributed by atoms with van der Waals surface area (Å²) >= 11 is 6.18. The summed E-state index contributed by atoms with van der Waals surface area (Å²) in [7, 11) is 0. The molecule has 0 bridgehead atoms. The standard InChI is InChI=1S/C23H17ClFN5O/c1-13(29-22-21-17(9-10-26-22)27-12-28-21)18-11-14-7-8-16(25)20(24)19(14)23(31)30(18)15-5-3-2-4-6-15/h2-13H,1H3,(H,26,29)(H,27,28)/t13-/m1/s1. The molecule has 0 saturated carbocycles. The van der Waals surface area contributed by atoms with Crippen LogP contribution in [0.15, 0.2) is 71.9 Å². The van der Waals surface area contributed by atoms with Crippen molar-refractivity contribution in [3.63, 3.8) is 0 Å². The number of hydrogen-bond acceptors (Lipinski definition) is 4. The molecule has 154 valence electrons. The monoisotopic (exact) mass is 433 g/mol.